The predicted molar refractivity (Wildman–Crippen MR) is 66.3 cm³/mol. The highest BCUT2D eigenvalue weighted by molar-refractivity contribution is 5.92. The van der Waals surface area contributed by atoms with E-state index >= 15 is 0 Å². The maximum atomic E-state index is 12.2. The summed E-state index contributed by atoms with van der Waals surface area (Å²) in [5.74, 6) is 1.02. The molecule has 0 bridgehead atoms. The van der Waals surface area contributed by atoms with E-state index in [-0.39, 0.29) is 17.7 Å². The molecule has 5 nitrogen and oxygen atoms in total. The van der Waals surface area contributed by atoms with Crippen LogP contribution in [0.2, 0.25) is 0 Å². The number of hydrogen-bond donors (Lipinski definition) is 1. The van der Waals surface area contributed by atoms with Gasteiger partial charge in [0, 0.05) is 25.1 Å². The van der Waals surface area contributed by atoms with Crippen LogP contribution in [0.15, 0.2) is 10.6 Å². The van der Waals surface area contributed by atoms with E-state index in [0.29, 0.717) is 24.5 Å². The van der Waals surface area contributed by atoms with E-state index in [0.717, 1.165) is 6.42 Å². The van der Waals surface area contributed by atoms with Gasteiger partial charge in [0.25, 0.3) is 5.91 Å². The van der Waals surface area contributed by atoms with Crippen molar-refractivity contribution in [1.82, 2.24) is 10.1 Å². The summed E-state index contributed by atoms with van der Waals surface area (Å²) in [7, 11) is 0. The number of aliphatic hydroxyl groups is 1. The number of piperidine rings is 1. The van der Waals surface area contributed by atoms with Gasteiger partial charge in [0.15, 0.2) is 5.69 Å². The number of β-amino-alcohol motifs (C(OH)–C–C–N with tert-alkyl or cyclic N) is 1. The van der Waals surface area contributed by atoms with Crippen LogP contribution in [0.3, 0.4) is 0 Å². The Bertz CT molecular complexity index is 428. The number of amides is 1. The molecular formula is C13H20N2O3. The Labute approximate surface area is 107 Å². The van der Waals surface area contributed by atoms with Gasteiger partial charge >= 0.3 is 0 Å². The van der Waals surface area contributed by atoms with Crippen LogP contribution in [-0.2, 0) is 0 Å². The van der Waals surface area contributed by atoms with E-state index in [4.69, 9.17) is 4.52 Å². The van der Waals surface area contributed by atoms with E-state index in [1.807, 2.05) is 20.8 Å². The standard InChI is InChI=1S/C13H20N2O3/c1-8(2)12-6-10(14-18-12)13(17)15-5-4-9(3)11(16)7-15/h6,8-9,11,16H,4-5,7H2,1-3H3. The summed E-state index contributed by atoms with van der Waals surface area (Å²) in [5, 5.41) is 13.6. The molecule has 0 radical (unpaired) electrons. The molecule has 1 N–H and O–H groups in total. The maximum absolute atomic E-state index is 12.2. The summed E-state index contributed by atoms with van der Waals surface area (Å²) >= 11 is 0. The highest BCUT2D eigenvalue weighted by Crippen LogP contribution is 2.20. The number of carbonyl (C=O) groups is 1. The smallest absolute Gasteiger partial charge is 0.276 e. The van der Waals surface area contributed by atoms with Crippen LogP contribution in [0, 0.1) is 5.92 Å². The zero-order chi connectivity index (χ0) is 13.3. The lowest BCUT2D eigenvalue weighted by molar-refractivity contribution is 0.0243. The lowest BCUT2D eigenvalue weighted by atomic mass is 9.96. The fourth-order valence-electron chi connectivity index (χ4n) is 2.06. The molecular weight excluding hydrogens is 232 g/mol. The summed E-state index contributed by atoms with van der Waals surface area (Å²) in [6, 6.07) is 1.69. The Hall–Kier alpha value is -1.36. The second-order valence-electron chi connectivity index (χ2n) is 5.35. The van der Waals surface area contributed by atoms with Crippen molar-refractivity contribution >= 4 is 5.91 Å². The summed E-state index contributed by atoms with van der Waals surface area (Å²) in [6.07, 6.45) is 0.376. The molecule has 1 aliphatic rings. The molecule has 1 aromatic heterocycles. The third-order valence-corrected chi connectivity index (χ3v) is 3.52. The second kappa shape index (κ2) is 5.10. The lowest BCUT2D eigenvalue weighted by Gasteiger charge is -2.33. The minimum Gasteiger partial charge on any atom is -0.391 e. The third-order valence-electron chi connectivity index (χ3n) is 3.52. The predicted octanol–water partition coefficient (Wildman–Crippen LogP) is 1.64. The van der Waals surface area contributed by atoms with Crippen LogP contribution in [0.5, 0.6) is 0 Å². The van der Waals surface area contributed by atoms with Crippen LogP contribution < -0.4 is 0 Å². The van der Waals surface area contributed by atoms with Crippen molar-refractivity contribution in [2.75, 3.05) is 13.1 Å². The molecule has 18 heavy (non-hydrogen) atoms. The molecule has 2 unspecified atom stereocenters. The Kier molecular flexibility index (Phi) is 3.71. The van der Waals surface area contributed by atoms with E-state index in [2.05, 4.69) is 5.16 Å². The number of carbonyl (C=O) groups excluding carboxylic acids is 1. The zero-order valence-electron chi connectivity index (χ0n) is 11.1. The maximum Gasteiger partial charge on any atom is 0.276 e. The van der Waals surface area contributed by atoms with Gasteiger partial charge in [0.2, 0.25) is 0 Å². The van der Waals surface area contributed by atoms with Crippen molar-refractivity contribution in [1.29, 1.82) is 0 Å². The number of aromatic nitrogens is 1. The second-order valence-corrected chi connectivity index (χ2v) is 5.35. The molecule has 0 spiro atoms. The molecule has 1 aliphatic heterocycles. The van der Waals surface area contributed by atoms with Gasteiger partial charge in [-0.25, -0.2) is 0 Å². The first-order valence-corrected chi connectivity index (χ1v) is 6.43. The zero-order valence-corrected chi connectivity index (χ0v) is 11.1. The number of aliphatic hydroxyl groups excluding tert-OH is 1. The van der Waals surface area contributed by atoms with Crippen molar-refractivity contribution in [2.45, 2.75) is 39.2 Å². The van der Waals surface area contributed by atoms with Crippen molar-refractivity contribution < 1.29 is 14.4 Å². The molecule has 0 saturated carbocycles. The fourth-order valence-corrected chi connectivity index (χ4v) is 2.06. The monoisotopic (exact) mass is 252 g/mol. The highest BCUT2D eigenvalue weighted by Gasteiger charge is 2.29. The molecule has 0 aromatic carbocycles. The van der Waals surface area contributed by atoms with E-state index < -0.39 is 6.10 Å². The molecule has 1 fully saturated rings. The quantitative estimate of drug-likeness (QED) is 0.869. The molecule has 2 atom stereocenters. The molecule has 5 heteroatoms. The molecule has 1 saturated heterocycles. The number of hydrogen-bond acceptors (Lipinski definition) is 4. The molecule has 0 aliphatic carbocycles. The van der Waals surface area contributed by atoms with Gasteiger partial charge in [-0.05, 0) is 12.3 Å². The normalized spacial score (nSPS) is 24.6. The van der Waals surface area contributed by atoms with Crippen LogP contribution in [0.4, 0.5) is 0 Å². The third kappa shape index (κ3) is 2.56. The molecule has 2 heterocycles. The van der Waals surface area contributed by atoms with Gasteiger partial charge in [-0.1, -0.05) is 25.9 Å². The first kappa shape index (κ1) is 13.1. The van der Waals surface area contributed by atoms with Crippen LogP contribution >= 0.6 is 0 Å². The summed E-state index contributed by atoms with van der Waals surface area (Å²) in [4.78, 5) is 13.8. The fraction of sp³-hybridized carbons (Fsp3) is 0.692. The van der Waals surface area contributed by atoms with Crippen molar-refractivity contribution in [3.63, 3.8) is 0 Å². The first-order valence-electron chi connectivity index (χ1n) is 6.43. The molecule has 1 amide bonds. The van der Waals surface area contributed by atoms with E-state index in [1.54, 1.807) is 11.0 Å². The van der Waals surface area contributed by atoms with E-state index in [1.165, 1.54) is 0 Å². The number of rotatable bonds is 2. The summed E-state index contributed by atoms with van der Waals surface area (Å²) in [6.45, 7) is 7.02. The SMILES string of the molecule is CC(C)c1cc(C(=O)N2CCC(C)C(O)C2)no1. The summed E-state index contributed by atoms with van der Waals surface area (Å²) in [5.41, 5.74) is 0.334. The number of likely N-dealkylation sites (tertiary alicyclic amines) is 1. The van der Waals surface area contributed by atoms with Crippen molar-refractivity contribution in [3.05, 3.63) is 17.5 Å². The van der Waals surface area contributed by atoms with Gasteiger partial charge in [-0.15, -0.1) is 0 Å². The summed E-state index contributed by atoms with van der Waals surface area (Å²) < 4.78 is 5.13. The Morgan fingerprint density at radius 2 is 2.33 bits per heavy atom. The van der Waals surface area contributed by atoms with Gasteiger partial charge in [0.1, 0.15) is 5.76 Å². The lowest BCUT2D eigenvalue weighted by Crippen LogP contribution is -2.45. The van der Waals surface area contributed by atoms with Crippen molar-refractivity contribution in [2.24, 2.45) is 5.92 Å². The average molecular weight is 252 g/mol. The minimum absolute atomic E-state index is 0.156. The largest absolute Gasteiger partial charge is 0.391 e. The van der Waals surface area contributed by atoms with Gasteiger partial charge in [-0.2, -0.15) is 0 Å². The van der Waals surface area contributed by atoms with Crippen LogP contribution in [0.1, 0.15) is 49.4 Å². The highest BCUT2D eigenvalue weighted by atomic mass is 16.5. The van der Waals surface area contributed by atoms with E-state index in [9.17, 15) is 9.90 Å². The molecule has 100 valence electrons. The minimum atomic E-state index is -0.445. The van der Waals surface area contributed by atoms with Crippen molar-refractivity contribution in [3.8, 4) is 0 Å². The Morgan fingerprint density at radius 1 is 1.61 bits per heavy atom. The Morgan fingerprint density at radius 3 is 2.89 bits per heavy atom. The average Bonchev–Trinajstić information content (AvgIpc) is 2.81. The molecule has 2 rings (SSSR count). The van der Waals surface area contributed by atoms with Gasteiger partial charge < -0.3 is 14.5 Å². The first-order chi connectivity index (χ1) is 8.49. The molecule has 1 aromatic rings. The van der Waals surface area contributed by atoms with Gasteiger partial charge in [-0.3, -0.25) is 4.79 Å². The van der Waals surface area contributed by atoms with Crippen LogP contribution in [-0.4, -0.2) is 40.3 Å². The number of nitrogens with zero attached hydrogens (tertiary/aromatic N) is 2. The topological polar surface area (TPSA) is 66.6 Å². The Balaban J connectivity index is 2.06. The van der Waals surface area contributed by atoms with Gasteiger partial charge in [0.05, 0.1) is 6.10 Å². The van der Waals surface area contributed by atoms with Crippen LogP contribution in [0.25, 0.3) is 0 Å².